The van der Waals surface area contributed by atoms with Gasteiger partial charge >= 0.3 is 0 Å². The van der Waals surface area contributed by atoms with Crippen molar-refractivity contribution in [3.8, 4) is 5.75 Å². The predicted octanol–water partition coefficient (Wildman–Crippen LogP) is 4.89. The Morgan fingerprint density at radius 2 is 2.04 bits per heavy atom. The lowest BCUT2D eigenvalue weighted by molar-refractivity contribution is -0.113. The van der Waals surface area contributed by atoms with E-state index in [1.54, 1.807) is 36.4 Å². The maximum absolute atomic E-state index is 13.8. The molecule has 1 amide bonds. The van der Waals surface area contributed by atoms with Gasteiger partial charge in [0.05, 0.1) is 22.7 Å². The Bertz CT molecular complexity index is 869. The Labute approximate surface area is 153 Å². The summed E-state index contributed by atoms with van der Waals surface area (Å²) in [6, 6.07) is 11.2. The van der Waals surface area contributed by atoms with Crippen LogP contribution in [-0.4, -0.2) is 17.3 Å². The minimum absolute atomic E-state index is 0.311. The number of hydrogen-bond acceptors (Lipinski definition) is 4. The summed E-state index contributed by atoms with van der Waals surface area (Å²) in [6.45, 7) is 0. The van der Waals surface area contributed by atoms with Gasteiger partial charge in [-0.1, -0.05) is 53.8 Å². The quantitative estimate of drug-likeness (QED) is 0.560. The first-order valence-corrected chi connectivity index (χ1v) is 8.47. The highest BCUT2D eigenvalue weighted by Gasteiger charge is 2.33. The first-order chi connectivity index (χ1) is 11.5. The van der Waals surface area contributed by atoms with Crippen molar-refractivity contribution in [2.24, 2.45) is 0 Å². The van der Waals surface area contributed by atoms with Gasteiger partial charge < -0.3 is 4.74 Å². The second-order valence-electron chi connectivity index (χ2n) is 4.86. The average molecular weight is 380 g/mol. The molecule has 0 N–H and O–H groups in total. The monoisotopic (exact) mass is 379 g/mol. The lowest BCUT2D eigenvalue weighted by Crippen LogP contribution is -2.27. The summed E-state index contributed by atoms with van der Waals surface area (Å²) >= 11 is 12.5. The fraction of sp³-hybridized carbons (Fsp3) is 0.0588. The van der Waals surface area contributed by atoms with Crippen LogP contribution >= 0.6 is 35.6 Å². The highest BCUT2D eigenvalue weighted by Crippen LogP contribution is 2.38. The average Bonchev–Trinajstić information content (AvgIpc) is 2.83. The molecule has 0 radical (unpaired) electrons. The molecule has 1 aliphatic heterocycles. The number of thioether (sulfide) groups is 1. The zero-order chi connectivity index (χ0) is 17.3. The van der Waals surface area contributed by atoms with Crippen LogP contribution in [0.5, 0.6) is 5.75 Å². The maximum Gasteiger partial charge on any atom is 0.270 e. The number of amides is 1. The molecule has 3 rings (SSSR count). The summed E-state index contributed by atoms with van der Waals surface area (Å²) in [6.07, 6.45) is 1.50. The number of halogens is 2. The van der Waals surface area contributed by atoms with Gasteiger partial charge in [-0.3, -0.25) is 9.69 Å². The number of thiocarbonyl (C=S) groups is 1. The number of anilines is 1. The molecule has 0 aromatic heterocycles. The Morgan fingerprint density at radius 1 is 1.29 bits per heavy atom. The third-order valence-corrected chi connectivity index (χ3v) is 4.98. The highest BCUT2D eigenvalue weighted by atomic mass is 35.5. The van der Waals surface area contributed by atoms with Crippen LogP contribution in [0.4, 0.5) is 10.1 Å². The summed E-state index contributed by atoms with van der Waals surface area (Å²) in [5.41, 5.74) is 0.881. The van der Waals surface area contributed by atoms with Gasteiger partial charge in [-0.15, -0.1) is 0 Å². The van der Waals surface area contributed by atoms with Crippen molar-refractivity contribution in [1.82, 2.24) is 0 Å². The van der Waals surface area contributed by atoms with Crippen molar-refractivity contribution < 1.29 is 13.9 Å². The molecule has 0 aliphatic carbocycles. The Kier molecular flexibility index (Phi) is 4.89. The molecule has 1 aliphatic rings. The molecule has 3 nitrogen and oxygen atoms in total. The van der Waals surface area contributed by atoms with Crippen LogP contribution in [0.3, 0.4) is 0 Å². The van der Waals surface area contributed by atoms with E-state index < -0.39 is 5.82 Å². The SMILES string of the molecule is COc1ccc(N2C(=O)/C(=C\c3ccccc3F)SC2=S)cc1Cl. The van der Waals surface area contributed by atoms with E-state index in [4.69, 9.17) is 28.6 Å². The smallest absolute Gasteiger partial charge is 0.270 e. The molecular weight excluding hydrogens is 369 g/mol. The van der Waals surface area contributed by atoms with Gasteiger partial charge in [0, 0.05) is 5.56 Å². The summed E-state index contributed by atoms with van der Waals surface area (Å²) in [5.74, 6) is -0.197. The van der Waals surface area contributed by atoms with Crippen LogP contribution in [0.2, 0.25) is 5.02 Å². The van der Waals surface area contributed by atoms with Crippen molar-refractivity contribution in [1.29, 1.82) is 0 Å². The standard InChI is InChI=1S/C17H11ClFNO2S2/c1-22-14-7-6-11(9-12(14)18)20-16(21)15(24-17(20)23)8-10-4-2-3-5-13(10)19/h2-9H,1H3/b15-8+. The minimum atomic E-state index is -0.393. The Balaban J connectivity index is 1.95. The van der Waals surface area contributed by atoms with Crippen molar-refractivity contribution in [2.75, 3.05) is 12.0 Å². The zero-order valence-electron chi connectivity index (χ0n) is 12.5. The molecule has 1 heterocycles. The summed E-state index contributed by atoms with van der Waals surface area (Å²) < 4.78 is 19.2. The number of benzene rings is 2. The van der Waals surface area contributed by atoms with E-state index in [1.165, 1.54) is 24.2 Å². The molecule has 1 saturated heterocycles. The van der Waals surface area contributed by atoms with E-state index >= 15 is 0 Å². The number of hydrogen-bond donors (Lipinski definition) is 0. The highest BCUT2D eigenvalue weighted by molar-refractivity contribution is 8.27. The number of nitrogens with zero attached hydrogens (tertiary/aromatic N) is 1. The van der Waals surface area contributed by atoms with Gasteiger partial charge in [0.2, 0.25) is 0 Å². The lowest BCUT2D eigenvalue weighted by atomic mass is 10.2. The van der Waals surface area contributed by atoms with Crippen LogP contribution in [0.15, 0.2) is 47.4 Å². The topological polar surface area (TPSA) is 29.5 Å². The first-order valence-electron chi connectivity index (χ1n) is 6.87. The van der Waals surface area contributed by atoms with Gasteiger partial charge in [-0.2, -0.15) is 0 Å². The maximum atomic E-state index is 13.8. The van der Waals surface area contributed by atoms with Crippen molar-refractivity contribution in [3.05, 3.63) is 63.8 Å². The lowest BCUT2D eigenvalue weighted by Gasteiger charge is -2.15. The predicted molar refractivity (Wildman–Crippen MR) is 100 cm³/mol. The van der Waals surface area contributed by atoms with Gasteiger partial charge in [0.15, 0.2) is 4.32 Å². The molecule has 0 unspecified atom stereocenters. The van der Waals surface area contributed by atoms with Gasteiger partial charge in [0.1, 0.15) is 11.6 Å². The van der Waals surface area contributed by atoms with E-state index in [1.807, 2.05) is 0 Å². The fourth-order valence-corrected chi connectivity index (χ4v) is 3.76. The first kappa shape index (κ1) is 17.0. The summed E-state index contributed by atoms with van der Waals surface area (Å²) in [4.78, 5) is 14.4. The van der Waals surface area contributed by atoms with Crippen LogP contribution in [0.25, 0.3) is 6.08 Å². The Hall–Kier alpha value is -1.89. The second kappa shape index (κ2) is 6.93. The molecule has 0 saturated carbocycles. The molecule has 24 heavy (non-hydrogen) atoms. The van der Waals surface area contributed by atoms with Crippen LogP contribution in [0, 0.1) is 5.82 Å². The van der Waals surface area contributed by atoms with E-state index in [2.05, 4.69) is 0 Å². The third-order valence-electron chi connectivity index (χ3n) is 3.38. The second-order valence-corrected chi connectivity index (χ2v) is 6.94. The van der Waals surface area contributed by atoms with Crippen LogP contribution < -0.4 is 9.64 Å². The summed E-state index contributed by atoms with van der Waals surface area (Å²) in [7, 11) is 1.51. The van der Waals surface area contributed by atoms with E-state index in [0.29, 0.717) is 31.2 Å². The minimum Gasteiger partial charge on any atom is -0.495 e. The van der Waals surface area contributed by atoms with Gasteiger partial charge in [0.25, 0.3) is 5.91 Å². The molecule has 0 spiro atoms. The molecule has 7 heteroatoms. The molecule has 122 valence electrons. The zero-order valence-corrected chi connectivity index (χ0v) is 14.8. The molecule has 1 fully saturated rings. The number of methoxy groups -OCH3 is 1. The van der Waals surface area contributed by atoms with Crippen LogP contribution in [-0.2, 0) is 4.79 Å². The molecular formula is C17H11ClFNO2S2. The normalized spacial score (nSPS) is 16.1. The van der Waals surface area contributed by atoms with Crippen molar-refractivity contribution >= 4 is 57.6 Å². The molecule has 2 aromatic carbocycles. The summed E-state index contributed by atoms with van der Waals surface area (Å²) in [5, 5.41) is 0.377. The van der Waals surface area contributed by atoms with Crippen molar-refractivity contribution in [2.45, 2.75) is 0 Å². The van der Waals surface area contributed by atoms with Crippen LogP contribution in [0.1, 0.15) is 5.56 Å². The fourth-order valence-electron chi connectivity index (χ4n) is 2.22. The molecule has 0 atom stereocenters. The molecule has 0 bridgehead atoms. The van der Waals surface area contributed by atoms with Gasteiger partial charge in [-0.05, 0) is 30.3 Å². The number of ether oxygens (including phenoxy) is 1. The third kappa shape index (κ3) is 3.17. The number of carbonyl (C=O) groups excluding carboxylic acids is 1. The van der Waals surface area contributed by atoms with E-state index in [0.717, 1.165) is 11.8 Å². The molecule has 2 aromatic rings. The van der Waals surface area contributed by atoms with Crippen molar-refractivity contribution in [3.63, 3.8) is 0 Å². The van der Waals surface area contributed by atoms with E-state index in [9.17, 15) is 9.18 Å². The van der Waals surface area contributed by atoms with Gasteiger partial charge in [-0.25, -0.2) is 4.39 Å². The largest absolute Gasteiger partial charge is 0.495 e. The van der Waals surface area contributed by atoms with E-state index in [-0.39, 0.29) is 5.91 Å². The number of rotatable bonds is 3. The Morgan fingerprint density at radius 3 is 2.71 bits per heavy atom. The number of carbonyl (C=O) groups is 1.